The van der Waals surface area contributed by atoms with Crippen molar-refractivity contribution in [1.29, 1.82) is 0 Å². The quantitative estimate of drug-likeness (QED) is 0.593. The lowest BCUT2D eigenvalue weighted by molar-refractivity contribution is -0.118. The van der Waals surface area contributed by atoms with Gasteiger partial charge in [0.05, 0.1) is 13.7 Å². The second-order valence-corrected chi connectivity index (χ2v) is 5.09. The van der Waals surface area contributed by atoms with E-state index in [-0.39, 0.29) is 31.5 Å². The van der Waals surface area contributed by atoms with Crippen molar-refractivity contribution in [3.8, 4) is 11.5 Å². The lowest BCUT2D eigenvalue weighted by Crippen LogP contribution is -2.20. The Morgan fingerprint density at radius 3 is 2.56 bits per heavy atom. The van der Waals surface area contributed by atoms with E-state index in [2.05, 4.69) is 10.6 Å². The third-order valence-electron chi connectivity index (χ3n) is 3.26. The van der Waals surface area contributed by atoms with Crippen molar-refractivity contribution in [2.24, 2.45) is 0 Å². The van der Waals surface area contributed by atoms with Gasteiger partial charge < -0.3 is 25.2 Å². The summed E-state index contributed by atoms with van der Waals surface area (Å²) in [4.78, 5) is 11.9. The molecule has 0 fully saturated rings. The highest BCUT2D eigenvalue weighted by atomic mass is 35.5. The highest BCUT2D eigenvalue weighted by molar-refractivity contribution is 5.91. The van der Waals surface area contributed by atoms with E-state index in [1.54, 1.807) is 13.2 Å². The SMILES string of the molecule is COc1cc(CNCCO)ccc1OCC(=O)Nc1ccccc1.Cl. The fourth-order valence-electron chi connectivity index (χ4n) is 2.11. The van der Waals surface area contributed by atoms with E-state index in [4.69, 9.17) is 14.6 Å². The van der Waals surface area contributed by atoms with Crippen LogP contribution in [0.25, 0.3) is 0 Å². The smallest absolute Gasteiger partial charge is 0.262 e. The molecule has 0 unspecified atom stereocenters. The Hall–Kier alpha value is -2.28. The number of carbonyl (C=O) groups is 1. The molecule has 2 rings (SSSR count). The molecule has 0 atom stereocenters. The highest BCUT2D eigenvalue weighted by Gasteiger charge is 2.09. The maximum atomic E-state index is 11.9. The number of ether oxygens (including phenoxy) is 2. The first-order chi connectivity index (χ1) is 11.7. The van der Waals surface area contributed by atoms with Crippen molar-refractivity contribution >= 4 is 24.0 Å². The van der Waals surface area contributed by atoms with Gasteiger partial charge in [0.1, 0.15) is 0 Å². The molecule has 136 valence electrons. The third-order valence-corrected chi connectivity index (χ3v) is 3.26. The first-order valence-corrected chi connectivity index (χ1v) is 7.69. The predicted octanol–water partition coefficient (Wildman–Crippen LogP) is 2.22. The van der Waals surface area contributed by atoms with Crippen LogP contribution in [0.5, 0.6) is 11.5 Å². The van der Waals surface area contributed by atoms with E-state index in [1.165, 1.54) is 0 Å². The molecule has 0 aliphatic heterocycles. The van der Waals surface area contributed by atoms with Crippen molar-refractivity contribution in [2.45, 2.75) is 6.54 Å². The predicted molar refractivity (Wildman–Crippen MR) is 99.6 cm³/mol. The molecule has 0 saturated heterocycles. The van der Waals surface area contributed by atoms with Crippen LogP contribution in [0.2, 0.25) is 0 Å². The monoisotopic (exact) mass is 366 g/mol. The van der Waals surface area contributed by atoms with Gasteiger partial charge in [0.2, 0.25) is 0 Å². The molecule has 0 heterocycles. The number of aliphatic hydroxyl groups excluding tert-OH is 1. The molecular weight excluding hydrogens is 344 g/mol. The molecule has 0 aliphatic carbocycles. The summed E-state index contributed by atoms with van der Waals surface area (Å²) in [6.45, 7) is 1.13. The zero-order chi connectivity index (χ0) is 17.2. The number of aliphatic hydroxyl groups is 1. The summed E-state index contributed by atoms with van der Waals surface area (Å²) in [5.41, 5.74) is 1.73. The Kier molecular flexibility index (Phi) is 9.39. The molecule has 2 aromatic carbocycles. The maximum Gasteiger partial charge on any atom is 0.262 e. The molecule has 0 aliphatic rings. The molecule has 1 amide bonds. The van der Waals surface area contributed by atoms with Gasteiger partial charge in [0.25, 0.3) is 5.91 Å². The van der Waals surface area contributed by atoms with Crippen LogP contribution in [0.15, 0.2) is 48.5 Å². The molecule has 0 bridgehead atoms. The normalized spacial score (nSPS) is 9.84. The van der Waals surface area contributed by atoms with Crippen molar-refractivity contribution in [1.82, 2.24) is 5.32 Å². The topological polar surface area (TPSA) is 79.8 Å². The zero-order valence-electron chi connectivity index (χ0n) is 14.0. The lowest BCUT2D eigenvalue weighted by atomic mass is 10.2. The Morgan fingerprint density at radius 2 is 1.88 bits per heavy atom. The van der Waals surface area contributed by atoms with E-state index in [9.17, 15) is 4.79 Å². The van der Waals surface area contributed by atoms with E-state index >= 15 is 0 Å². The molecule has 0 spiro atoms. The molecular formula is C18H23ClN2O4. The van der Waals surface area contributed by atoms with Crippen molar-refractivity contribution < 1.29 is 19.4 Å². The summed E-state index contributed by atoms with van der Waals surface area (Å²) < 4.78 is 10.9. The summed E-state index contributed by atoms with van der Waals surface area (Å²) >= 11 is 0. The van der Waals surface area contributed by atoms with Gasteiger partial charge in [-0.05, 0) is 29.8 Å². The van der Waals surface area contributed by atoms with Crippen LogP contribution in [0.1, 0.15) is 5.56 Å². The minimum atomic E-state index is -0.239. The van der Waals surface area contributed by atoms with Crippen LogP contribution in [-0.2, 0) is 11.3 Å². The maximum absolute atomic E-state index is 11.9. The van der Waals surface area contributed by atoms with Gasteiger partial charge in [-0.1, -0.05) is 24.3 Å². The fourth-order valence-corrected chi connectivity index (χ4v) is 2.11. The standard InChI is InChI=1S/C18H22N2O4.ClH/c1-23-17-11-14(12-19-9-10-21)7-8-16(17)24-13-18(22)20-15-5-3-2-4-6-15;/h2-8,11,19,21H,9-10,12-13H2,1H3,(H,20,22);1H. The number of rotatable bonds is 9. The molecule has 0 aromatic heterocycles. The van der Waals surface area contributed by atoms with E-state index < -0.39 is 0 Å². The molecule has 7 heteroatoms. The van der Waals surface area contributed by atoms with E-state index in [0.29, 0.717) is 24.6 Å². The van der Waals surface area contributed by atoms with Crippen molar-refractivity contribution in [3.63, 3.8) is 0 Å². The minimum absolute atomic E-state index is 0. The largest absolute Gasteiger partial charge is 0.493 e. The van der Waals surface area contributed by atoms with Gasteiger partial charge in [-0.3, -0.25) is 4.79 Å². The number of methoxy groups -OCH3 is 1. The van der Waals surface area contributed by atoms with Gasteiger partial charge in [-0.25, -0.2) is 0 Å². The van der Waals surface area contributed by atoms with Crippen LogP contribution >= 0.6 is 12.4 Å². The molecule has 2 aromatic rings. The summed E-state index contributed by atoms with van der Waals surface area (Å²) in [5, 5.41) is 14.6. The van der Waals surface area contributed by atoms with Gasteiger partial charge in [0.15, 0.2) is 18.1 Å². The summed E-state index contributed by atoms with van der Waals surface area (Å²) in [7, 11) is 1.55. The number of anilines is 1. The van der Waals surface area contributed by atoms with Crippen LogP contribution in [-0.4, -0.2) is 37.9 Å². The zero-order valence-corrected chi connectivity index (χ0v) is 14.8. The summed E-state index contributed by atoms with van der Waals surface area (Å²) in [5.74, 6) is 0.828. The Morgan fingerprint density at radius 1 is 1.12 bits per heavy atom. The minimum Gasteiger partial charge on any atom is -0.493 e. The second-order valence-electron chi connectivity index (χ2n) is 5.09. The number of halogens is 1. The van der Waals surface area contributed by atoms with Crippen LogP contribution in [0.3, 0.4) is 0 Å². The van der Waals surface area contributed by atoms with Gasteiger partial charge in [-0.15, -0.1) is 12.4 Å². The van der Waals surface area contributed by atoms with Gasteiger partial charge in [-0.2, -0.15) is 0 Å². The molecule has 3 N–H and O–H groups in total. The third kappa shape index (κ3) is 7.01. The number of hydrogen-bond acceptors (Lipinski definition) is 5. The Balaban J connectivity index is 0.00000312. The van der Waals surface area contributed by atoms with E-state index in [1.807, 2.05) is 42.5 Å². The first kappa shape index (κ1) is 20.8. The average Bonchev–Trinajstić information content (AvgIpc) is 2.61. The number of hydrogen-bond donors (Lipinski definition) is 3. The van der Waals surface area contributed by atoms with E-state index in [0.717, 1.165) is 11.3 Å². The number of para-hydroxylation sites is 1. The summed E-state index contributed by atoms with van der Waals surface area (Å²) in [6, 6.07) is 14.7. The summed E-state index contributed by atoms with van der Waals surface area (Å²) in [6.07, 6.45) is 0. The number of amides is 1. The average molecular weight is 367 g/mol. The van der Waals surface area contributed by atoms with Crippen LogP contribution in [0.4, 0.5) is 5.69 Å². The number of carbonyl (C=O) groups excluding carboxylic acids is 1. The first-order valence-electron chi connectivity index (χ1n) is 7.69. The molecule has 0 radical (unpaired) electrons. The molecule has 25 heavy (non-hydrogen) atoms. The number of nitrogens with one attached hydrogen (secondary N) is 2. The number of benzene rings is 2. The molecule has 0 saturated carbocycles. The van der Waals surface area contributed by atoms with Gasteiger partial charge in [0, 0.05) is 18.8 Å². The fraction of sp³-hybridized carbons (Fsp3) is 0.278. The molecule has 6 nitrogen and oxygen atoms in total. The van der Waals surface area contributed by atoms with Crippen LogP contribution < -0.4 is 20.1 Å². The van der Waals surface area contributed by atoms with Crippen molar-refractivity contribution in [2.75, 3.05) is 32.2 Å². The lowest BCUT2D eigenvalue weighted by Gasteiger charge is -2.12. The van der Waals surface area contributed by atoms with Crippen molar-refractivity contribution in [3.05, 3.63) is 54.1 Å². The highest BCUT2D eigenvalue weighted by Crippen LogP contribution is 2.28. The Labute approximate surface area is 153 Å². The van der Waals surface area contributed by atoms with Gasteiger partial charge >= 0.3 is 0 Å². The second kappa shape index (κ2) is 11.3. The Bertz CT molecular complexity index is 653. The van der Waals surface area contributed by atoms with Crippen LogP contribution in [0, 0.1) is 0 Å².